The van der Waals surface area contributed by atoms with E-state index >= 15 is 0 Å². The molecule has 0 radical (unpaired) electrons. The van der Waals surface area contributed by atoms with E-state index in [0.717, 1.165) is 6.07 Å². The van der Waals surface area contributed by atoms with Crippen molar-refractivity contribution >= 4 is 46.7 Å². The zero-order valence-corrected chi connectivity index (χ0v) is 17.2. The lowest BCUT2D eigenvalue weighted by Gasteiger charge is -2.07. The van der Waals surface area contributed by atoms with Gasteiger partial charge in [-0.2, -0.15) is 0 Å². The standard InChI is InChI=1S/C21H18FN5O3S/c1-13(28)23-16-5-7-17(8-6-16)24-19(29)12-31-20-10-9-18(26-27-20)25-21(30)14-3-2-4-15(22)11-14/h2-11H,12H2,1H3,(H,23,28)(H,24,29)(H,25,26,30). The van der Waals surface area contributed by atoms with E-state index in [9.17, 15) is 18.8 Å². The van der Waals surface area contributed by atoms with Crippen LogP contribution in [-0.4, -0.2) is 33.7 Å². The molecule has 1 aromatic heterocycles. The van der Waals surface area contributed by atoms with Crippen molar-refractivity contribution in [3.8, 4) is 0 Å². The van der Waals surface area contributed by atoms with Crippen LogP contribution in [0.4, 0.5) is 21.6 Å². The predicted octanol–water partition coefficient (Wildman–Crippen LogP) is 3.56. The van der Waals surface area contributed by atoms with Gasteiger partial charge in [0, 0.05) is 23.9 Å². The molecule has 0 saturated heterocycles. The molecule has 0 aliphatic heterocycles. The highest BCUT2D eigenvalue weighted by atomic mass is 32.2. The number of carbonyl (C=O) groups is 3. The van der Waals surface area contributed by atoms with Gasteiger partial charge in [-0.25, -0.2) is 4.39 Å². The number of halogens is 1. The van der Waals surface area contributed by atoms with Gasteiger partial charge in [-0.3, -0.25) is 14.4 Å². The molecule has 0 aliphatic carbocycles. The van der Waals surface area contributed by atoms with Crippen molar-refractivity contribution in [2.75, 3.05) is 21.7 Å². The molecular formula is C21H18FN5O3S. The smallest absolute Gasteiger partial charge is 0.256 e. The third kappa shape index (κ3) is 6.89. The highest BCUT2D eigenvalue weighted by molar-refractivity contribution is 7.99. The van der Waals surface area contributed by atoms with Crippen LogP contribution in [0.25, 0.3) is 0 Å². The summed E-state index contributed by atoms with van der Waals surface area (Å²) in [5.74, 6) is -1.10. The maximum Gasteiger partial charge on any atom is 0.256 e. The summed E-state index contributed by atoms with van der Waals surface area (Å²) in [7, 11) is 0. The van der Waals surface area contributed by atoms with Gasteiger partial charge < -0.3 is 16.0 Å². The van der Waals surface area contributed by atoms with E-state index in [0.29, 0.717) is 16.4 Å². The van der Waals surface area contributed by atoms with Crippen LogP contribution in [0.15, 0.2) is 65.7 Å². The monoisotopic (exact) mass is 439 g/mol. The zero-order valence-electron chi connectivity index (χ0n) is 16.4. The van der Waals surface area contributed by atoms with Gasteiger partial charge >= 0.3 is 0 Å². The van der Waals surface area contributed by atoms with Crippen LogP contribution in [0.2, 0.25) is 0 Å². The Hall–Kier alpha value is -3.79. The number of anilines is 3. The van der Waals surface area contributed by atoms with Gasteiger partial charge in [-0.1, -0.05) is 17.8 Å². The molecule has 3 rings (SSSR count). The molecule has 10 heteroatoms. The molecule has 31 heavy (non-hydrogen) atoms. The number of hydrogen-bond donors (Lipinski definition) is 3. The molecule has 1 heterocycles. The summed E-state index contributed by atoms with van der Waals surface area (Å²) in [4.78, 5) is 35.2. The second kappa shape index (κ2) is 10.3. The maximum atomic E-state index is 13.2. The van der Waals surface area contributed by atoms with Crippen molar-refractivity contribution in [3.63, 3.8) is 0 Å². The Bertz CT molecular complexity index is 1090. The van der Waals surface area contributed by atoms with E-state index in [1.54, 1.807) is 36.4 Å². The average molecular weight is 439 g/mol. The Morgan fingerprint density at radius 3 is 2.23 bits per heavy atom. The van der Waals surface area contributed by atoms with Gasteiger partial charge in [0.25, 0.3) is 5.91 Å². The summed E-state index contributed by atoms with van der Waals surface area (Å²) in [6.45, 7) is 1.42. The Morgan fingerprint density at radius 2 is 1.61 bits per heavy atom. The van der Waals surface area contributed by atoms with Crippen molar-refractivity contribution < 1.29 is 18.8 Å². The van der Waals surface area contributed by atoms with E-state index in [-0.39, 0.29) is 28.9 Å². The molecule has 8 nitrogen and oxygen atoms in total. The molecule has 0 saturated carbocycles. The first kappa shape index (κ1) is 21.9. The Balaban J connectivity index is 1.48. The molecule has 0 atom stereocenters. The number of hydrogen-bond acceptors (Lipinski definition) is 6. The van der Waals surface area contributed by atoms with E-state index < -0.39 is 11.7 Å². The van der Waals surface area contributed by atoms with Crippen molar-refractivity contribution in [1.29, 1.82) is 0 Å². The molecular weight excluding hydrogens is 421 g/mol. The summed E-state index contributed by atoms with van der Waals surface area (Å²) >= 11 is 1.18. The van der Waals surface area contributed by atoms with Gasteiger partial charge in [0.1, 0.15) is 10.8 Å². The minimum Gasteiger partial charge on any atom is -0.326 e. The molecule has 3 aromatic rings. The Kier molecular flexibility index (Phi) is 7.28. The summed E-state index contributed by atoms with van der Waals surface area (Å²) in [6.07, 6.45) is 0. The number of benzene rings is 2. The first-order valence-corrected chi connectivity index (χ1v) is 10.1. The molecule has 2 aromatic carbocycles. The van der Waals surface area contributed by atoms with E-state index in [1.165, 1.54) is 36.9 Å². The van der Waals surface area contributed by atoms with E-state index in [2.05, 4.69) is 26.1 Å². The molecule has 0 aliphatic rings. The average Bonchev–Trinajstić information content (AvgIpc) is 2.74. The summed E-state index contributed by atoms with van der Waals surface area (Å²) in [5.41, 5.74) is 1.41. The van der Waals surface area contributed by atoms with Crippen LogP contribution in [0, 0.1) is 5.82 Å². The van der Waals surface area contributed by atoms with Gasteiger partial charge in [0.05, 0.1) is 5.75 Å². The number of amides is 3. The lowest BCUT2D eigenvalue weighted by Crippen LogP contribution is -2.15. The lowest BCUT2D eigenvalue weighted by atomic mass is 10.2. The highest BCUT2D eigenvalue weighted by Crippen LogP contribution is 2.18. The number of rotatable bonds is 7. The highest BCUT2D eigenvalue weighted by Gasteiger charge is 2.09. The largest absolute Gasteiger partial charge is 0.326 e. The van der Waals surface area contributed by atoms with Crippen LogP contribution in [0.1, 0.15) is 17.3 Å². The maximum absolute atomic E-state index is 13.2. The van der Waals surface area contributed by atoms with Crippen molar-refractivity contribution in [2.45, 2.75) is 11.9 Å². The minimum absolute atomic E-state index is 0.108. The predicted molar refractivity (Wildman–Crippen MR) is 116 cm³/mol. The number of aromatic nitrogens is 2. The second-order valence-electron chi connectivity index (χ2n) is 6.32. The summed E-state index contributed by atoms with van der Waals surface area (Å²) in [6, 6.07) is 15.2. The molecule has 0 spiro atoms. The topological polar surface area (TPSA) is 113 Å². The normalized spacial score (nSPS) is 10.3. The molecule has 158 valence electrons. The number of nitrogens with one attached hydrogen (secondary N) is 3. The van der Waals surface area contributed by atoms with Gasteiger partial charge in [-0.05, 0) is 54.6 Å². The Labute approximate surface area is 181 Å². The zero-order chi connectivity index (χ0) is 22.2. The third-order valence-electron chi connectivity index (χ3n) is 3.81. The number of carbonyl (C=O) groups excluding carboxylic acids is 3. The van der Waals surface area contributed by atoms with Gasteiger partial charge in [0.2, 0.25) is 11.8 Å². The molecule has 0 unspecified atom stereocenters. The Morgan fingerprint density at radius 1 is 0.903 bits per heavy atom. The van der Waals surface area contributed by atoms with Gasteiger partial charge in [0.15, 0.2) is 5.82 Å². The fourth-order valence-electron chi connectivity index (χ4n) is 2.46. The number of nitrogens with zero attached hydrogens (tertiary/aromatic N) is 2. The molecule has 0 fully saturated rings. The van der Waals surface area contributed by atoms with Crippen molar-refractivity contribution in [1.82, 2.24) is 10.2 Å². The molecule has 0 bridgehead atoms. The molecule has 3 amide bonds. The van der Waals surface area contributed by atoms with Crippen LogP contribution in [-0.2, 0) is 9.59 Å². The van der Waals surface area contributed by atoms with Crippen molar-refractivity contribution in [2.24, 2.45) is 0 Å². The van der Waals surface area contributed by atoms with Crippen LogP contribution in [0.3, 0.4) is 0 Å². The van der Waals surface area contributed by atoms with Gasteiger partial charge in [-0.15, -0.1) is 10.2 Å². The lowest BCUT2D eigenvalue weighted by molar-refractivity contribution is -0.114. The second-order valence-corrected chi connectivity index (χ2v) is 7.31. The van der Waals surface area contributed by atoms with E-state index in [4.69, 9.17) is 0 Å². The van der Waals surface area contributed by atoms with E-state index in [1.807, 2.05) is 0 Å². The first-order chi connectivity index (χ1) is 14.9. The molecule has 3 N–H and O–H groups in total. The van der Waals surface area contributed by atoms with Crippen LogP contribution >= 0.6 is 11.8 Å². The SMILES string of the molecule is CC(=O)Nc1ccc(NC(=O)CSc2ccc(NC(=O)c3cccc(F)c3)nn2)cc1. The summed E-state index contributed by atoms with van der Waals surface area (Å²) < 4.78 is 13.2. The minimum atomic E-state index is -0.507. The number of thioether (sulfide) groups is 1. The fraction of sp³-hybridized carbons (Fsp3) is 0.0952. The van der Waals surface area contributed by atoms with Crippen LogP contribution < -0.4 is 16.0 Å². The third-order valence-corrected chi connectivity index (χ3v) is 4.73. The van der Waals surface area contributed by atoms with Crippen molar-refractivity contribution in [3.05, 3.63) is 72.0 Å². The first-order valence-electron chi connectivity index (χ1n) is 9.10. The van der Waals surface area contributed by atoms with Crippen LogP contribution in [0.5, 0.6) is 0 Å². The summed E-state index contributed by atoms with van der Waals surface area (Å²) in [5, 5.41) is 16.3. The fourth-order valence-corrected chi connectivity index (χ4v) is 3.07. The quantitative estimate of drug-likeness (QED) is 0.485.